The zero-order valence-electron chi connectivity index (χ0n) is 10.3. The van der Waals surface area contributed by atoms with Crippen LogP contribution in [0, 0.1) is 0 Å². The lowest BCUT2D eigenvalue weighted by Gasteiger charge is -2.06. The number of nitrogens with one attached hydrogen (secondary N) is 1. The number of benzene rings is 1. The Morgan fingerprint density at radius 3 is 2.56 bits per heavy atom. The van der Waals surface area contributed by atoms with E-state index in [1.54, 1.807) is 25.1 Å². The van der Waals surface area contributed by atoms with Crippen molar-refractivity contribution in [1.82, 2.24) is 4.72 Å². The van der Waals surface area contributed by atoms with Gasteiger partial charge in [0.2, 0.25) is 10.0 Å². The Bertz CT molecular complexity index is 470. The van der Waals surface area contributed by atoms with Crippen molar-refractivity contribution in [3.8, 4) is 0 Å². The molecule has 0 spiro atoms. The quantitative estimate of drug-likeness (QED) is 0.599. The minimum absolute atomic E-state index is 0.213. The van der Waals surface area contributed by atoms with E-state index in [1.807, 2.05) is 0 Å². The van der Waals surface area contributed by atoms with Crippen LogP contribution in [0.25, 0.3) is 0 Å². The number of carbonyl (C=O) groups is 1. The molecule has 5 nitrogen and oxygen atoms in total. The number of esters is 1. The molecule has 0 amide bonds. The third-order valence-corrected chi connectivity index (χ3v) is 3.69. The summed E-state index contributed by atoms with van der Waals surface area (Å²) in [5, 5.41) is 0. The van der Waals surface area contributed by atoms with Crippen molar-refractivity contribution in [2.45, 2.75) is 24.7 Å². The van der Waals surface area contributed by atoms with Gasteiger partial charge in [-0.1, -0.05) is 18.2 Å². The summed E-state index contributed by atoms with van der Waals surface area (Å²) in [5.74, 6) is -0.309. The molecule has 0 saturated heterocycles. The van der Waals surface area contributed by atoms with Gasteiger partial charge in [0.05, 0.1) is 11.5 Å². The molecule has 0 fully saturated rings. The van der Waals surface area contributed by atoms with E-state index in [2.05, 4.69) is 4.72 Å². The smallest absolute Gasteiger partial charge is 0.305 e. The number of sulfonamides is 1. The third kappa shape index (κ3) is 4.85. The molecule has 0 aliphatic heterocycles. The molecule has 0 aliphatic rings. The van der Waals surface area contributed by atoms with Gasteiger partial charge in [-0.05, 0) is 25.5 Å². The van der Waals surface area contributed by atoms with Gasteiger partial charge in [0.1, 0.15) is 0 Å². The molecule has 0 aromatic heterocycles. The van der Waals surface area contributed by atoms with Crippen LogP contribution < -0.4 is 4.72 Å². The molecule has 0 bridgehead atoms. The van der Waals surface area contributed by atoms with Gasteiger partial charge in [0.15, 0.2) is 0 Å². The van der Waals surface area contributed by atoms with Gasteiger partial charge in [0, 0.05) is 13.0 Å². The van der Waals surface area contributed by atoms with Crippen molar-refractivity contribution in [3.05, 3.63) is 30.3 Å². The first-order valence-electron chi connectivity index (χ1n) is 5.76. The second-order valence-electron chi connectivity index (χ2n) is 3.62. The van der Waals surface area contributed by atoms with Crippen molar-refractivity contribution in [3.63, 3.8) is 0 Å². The predicted octanol–water partition coefficient (Wildman–Crippen LogP) is 1.31. The summed E-state index contributed by atoms with van der Waals surface area (Å²) in [5.41, 5.74) is 0. The normalized spacial score (nSPS) is 11.2. The Kier molecular flexibility index (Phi) is 5.80. The molecule has 18 heavy (non-hydrogen) atoms. The van der Waals surface area contributed by atoms with Crippen LogP contribution in [0.4, 0.5) is 0 Å². The summed E-state index contributed by atoms with van der Waals surface area (Å²) < 4.78 is 30.7. The molecule has 0 saturated carbocycles. The highest BCUT2D eigenvalue weighted by Gasteiger charge is 2.12. The van der Waals surface area contributed by atoms with Crippen LogP contribution in [0.3, 0.4) is 0 Å². The van der Waals surface area contributed by atoms with E-state index < -0.39 is 10.0 Å². The van der Waals surface area contributed by atoms with Crippen LogP contribution in [0.2, 0.25) is 0 Å². The van der Waals surface area contributed by atoms with Crippen LogP contribution in [0.5, 0.6) is 0 Å². The fraction of sp³-hybridized carbons (Fsp3) is 0.417. The van der Waals surface area contributed by atoms with Crippen molar-refractivity contribution in [1.29, 1.82) is 0 Å². The molecule has 0 heterocycles. The van der Waals surface area contributed by atoms with E-state index in [0.29, 0.717) is 13.0 Å². The maximum absolute atomic E-state index is 11.8. The summed E-state index contributed by atoms with van der Waals surface area (Å²) in [6.07, 6.45) is 0.635. The minimum Gasteiger partial charge on any atom is -0.466 e. The Morgan fingerprint density at radius 2 is 1.94 bits per heavy atom. The topological polar surface area (TPSA) is 72.5 Å². The molecule has 1 aromatic carbocycles. The Labute approximate surface area is 107 Å². The Balaban J connectivity index is 2.37. The van der Waals surface area contributed by atoms with Gasteiger partial charge >= 0.3 is 5.97 Å². The summed E-state index contributed by atoms with van der Waals surface area (Å²) in [6, 6.07) is 8.11. The third-order valence-electron chi connectivity index (χ3n) is 2.21. The van der Waals surface area contributed by atoms with Crippen LogP contribution in [-0.2, 0) is 19.6 Å². The summed E-state index contributed by atoms with van der Waals surface area (Å²) in [4.78, 5) is 11.3. The summed E-state index contributed by atoms with van der Waals surface area (Å²) in [7, 11) is -3.47. The molecule has 0 aliphatic carbocycles. The predicted molar refractivity (Wildman–Crippen MR) is 67.5 cm³/mol. The molecule has 0 radical (unpaired) electrons. The van der Waals surface area contributed by atoms with Gasteiger partial charge in [-0.25, -0.2) is 13.1 Å². The Morgan fingerprint density at radius 1 is 1.28 bits per heavy atom. The lowest BCUT2D eigenvalue weighted by molar-refractivity contribution is -0.143. The minimum atomic E-state index is -3.47. The summed E-state index contributed by atoms with van der Waals surface area (Å²) in [6.45, 7) is 2.29. The van der Waals surface area contributed by atoms with Crippen LogP contribution in [-0.4, -0.2) is 27.5 Å². The fourth-order valence-electron chi connectivity index (χ4n) is 1.36. The molecule has 0 atom stereocenters. The molecule has 6 heteroatoms. The van der Waals surface area contributed by atoms with E-state index in [1.165, 1.54) is 12.1 Å². The first-order valence-corrected chi connectivity index (χ1v) is 7.25. The van der Waals surface area contributed by atoms with Crippen molar-refractivity contribution >= 4 is 16.0 Å². The van der Waals surface area contributed by atoms with E-state index >= 15 is 0 Å². The average molecular weight is 271 g/mol. The highest BCUT2D eigenvalue weighted by atomic mass is 32.2. The highest BCUT2D eigenvalue weighted by Crippen LogP contribution is 2.06. The zero-order valence-corrected chi connectivity index (χ0v) is 11.1. The molecule has 1 rings (SSSR count). The second-order valence-corrected chi connectivity index (χ2v) is 5.39. The molecule has 1 N–H and O–H groups in total. The molecule has 100 valence electrons. The Hall–Kier alpha value is -1.40. The van der Waals surface area contributed by atoms with Gasteiger partial charge in [-0.2, -0.15) is 0 Å². The zero-order chi connectivity index (χ0) is 13.4. The van der Waals surface area contributed by atoms with Crippen molar-refractivity contribution in [2.75, 3.05) is 13.2 Å². The van der Waals surface area contributed by atoms with E-state index in [9.17, 15) is 13.2 Å². The van der Waals surface area contributed by atoms with Crippen LogP contribution in [0.15, 0.2) is 35.2 Å². The number of rotatable bonds is 7. The first-order chi connectivity index (χ1) is 8.56. The first kappa shape index (κ1) is 14.7. The lowest BCUT2D eigenvalue weighted by Crippen LogP contribution is -2.25. The lowest BCUT2D eigenvalue weighted by atomic mass is 10.3. The van der Waals surface area contributed by atoms with Crippen LogP contribution >= 0.6 is 0 Å². The SMILES string of the molecule is CCOC(=O)CCCNS(=O)(=O)c1ccccc1. The van der Waals surface area contributed by atoms with E-state index in [-0.39, 0.29) is 23.8 Å². The van der Waals surface area contributed by atoms with Gasteiger partial charge < -0.3 is 4.74 Å². The molecular formula is C12H17NO4S. The maximum atomic E-state index is 11.8. The monoisotopic (exact) mass is 271 g/mol. The number of hydrogen-bond acceptors (Lipinski definition) is 4. The van der Waals surface area contributed by atoms with Gasteiger partial charge in [0.25, 0.3) is 0 Å². The maximum Gasteiger partial charge on any atom is 0.305 e. The average Bonchev–Trinajstić information content (AvgIpc) is 2.36. The largest absolute Gasteiger partial charge is 0.466 e. The van der Waals surface area contributed by atoms with Crippen molar-refractivity contribution in [2.24, 2.45) is 0 Å². The van der Waals surface area contributed by atoms with Gasteiger partial charge in [-0.15, -0.1) is 0 Å². The molecule has 0 unspecified atom stereocenters. The van der Waals surface area contributed by atoms with E-state index in [0.717, 1.165) is 0 Å². The molecule has 1 aromatic rings. The highest BCUT2D eigenvalue weighted by molar-refractivity contribution is 7.89. The number of hydrogen-bond donors (Lipinski definition) is 1. The number of ether oxygens (including phenoxy) is 1. The fourth-order valence-corrected chi connectivity index (χ4v) is 2.45. The van der Waals surface area contributed by atoms with E-state index in [4.69, 9.17) is 4.74 Å². The second kappa shape index (κ2) is 7.13. The summed E-state index contributed by atoms with van der Waals surface area (Å²) >= 11 is 0. The number of carbonyl (C=O) groups excluding carboxylic acids is 1. The molecular weight excluding hydrogens is 254 g/mol. The standard InChI is InChI=1S/C12H17NO4S/c1-2-17-12(14)9-6-10-13-18(15,16)11-7-4-3-5-8-11/h3-5,7-8,13H,2,6,9-10H2,1H3. The van der Waals surface area contributed by atoms with Crippen molar-refractivity contribution < 1.29 is 17.9 Å². The van der Waals surface area contributed by atoms with Gasteiger partial charge in [-0.3, -0.25) is 4.79 Å². The van der Waals surface area contributed by atoms with Crippen LogP contribution in [0.1, 0.15) is 19.8 Å².